The summed E-state index contributed by atoms with van der Waals surface area (Å²) in [6.07, 6.45) is 0. The zero-order valence-electron chi connectivity index (χ0n) is 12.9. The number of sulfonamides is 1. The number of aliphatic hydroxyl groups is 1. The van der Waals surface area contributed by atoms with Gasteiger partial charge in [-0.05, 0) is 0 Å². The fourth-order valence-corrected chi connectivity index (χ4v) is 4.45. The number of carbonyl (C=O) groups is 1. The molecule has 1 aliphatic rings. The fourth-order valence-electron chi connectivity index (χ4n) is 2.26. The SMILES string of the molecule is CN(C)S(=O)(=O)c1nnc(N2C(=O)NCC2(O)c2ccccc2)s1. The van der Waals surface area contributed by atoms with Crippen LogP contribution in [0.3, 0.4) is 0 Å². The third kappa shape index (κ3) is 2.55. The Morgan fingerprint density at radius 3 is 2.58 bits per heavy atom. The highest BCUT2D eigenvalue weighted by Crippen LogP contribution is 2.36. The quantitative estimate of drug-likeness (QED) is 0.742. The van der Waals surface area contributed by atoms with Crippen molar-refractivity contribution in [1.82, 2.24) is 19.8 Å². The molecule has 3 rings (SSSR count). The lowest BCUT2D eigenvalue weighted by Crippen LogP contribution is -2.44. The van der Waals surface area contributed by atoms with Crippen molar-refractivity contribution in [3.8, 4) is 0 Å². The maximum atomic E-state index is 12.2. The highest BCUT2D eigenvalue weighted by molar-refractivity contribution is 7.91. The second-order valence-electron chi connectivity index (χ2n) is 5.31. The Morgan fingerprint density at radius 2 is 1.96 bits per heavy atom. The number of nitrogens with one attached hydrogen (secondary N) is 1. The Hall–Kier alpha value is -2.08. The van der Waals surface area contributed by atoms with E-state index in [1.807, 2.05) is 0 Å². The molecule has 1 unspecified atom stereocenters. The normalized spacial score (nSPS) is 21.3. The van der Waals surface area contributed by atoms with E-state index in [4.69, 9.17) is 0 Å². The van der Waals surface area contributed by atoms with Gasteiger partial charge in [-0.25, -0.2) is 22.4 Å². The molecule has 128 valence electrons. The summed E-state index contributed by atoms with van der Waals surface area (Å²) in [5.74, 6) is 0. The summed E-state index contributed by atoms with van der Waals surface area (Å²) < 4.78 is 25.0. The Kier molecular flexibility index (Phi) is 4.03. The molecule has 1 fully saturated rings. The van der Waals surface area contributed by atoms with Gasteiger partial charge in [-0.1, -0.05) is 41.7 Å². The molecule has 11 heteroatoms. The molecule has 9 nitrogen and oxygen atoms in total. The lowest BCUT2D eigenvalue weighted by molar-refractivity contribution is 0.0629. The minimum atomic E-state index is -3.77. The topological polar surface area (TPSA) is 116 Å². The van der Waals surface area contributed by atoms with Crippen LogP contribution in [0.15, 0.2) is 34.7 Å². The van der Waals surface area contributed by atoms with Crippen molar-refractivity contribution in [2.24, 2.45) is 0 Å². The van der Waals surface area contributed by atoms with Gasteiger partial charge in [0, 0.05) is 19.7 Å². The van der Waals surface area contributed by atoms with E-state index < -0.39 is 21.8 Å². The highest BCUT2D eigenvalue weighted by atomic mass is 32.2. The molecule has 1 atom stereocenters. The number of aromatic nitrogens is 2. The van der Waals surface area contributed by atoms with Crippen molar-refractivity contribution in [1.29, 1.82) is 0 Å². The maximum Gasteiger partial charge on any atom is 0.326 e. The molecule has 1 aliphatic heterocycles. The average molecular weight is 369 g/mol. The van der Waals surface area contributed by atoms with E-state index in [9.17, 15) is 18.3 Å². The van der Waals surface area contributed by atoms with Crippen molar-refractivity contribution in [3.63, 3.8) is 0 Å². The summed E-state index contributed by atoms with van der Waals surface area (Å²) in [6.45, 7) is -0.0504. The van der Waals surface area contributed by atoms with Gasteiger partial charge in [-0.2, -0.15) is 0 Å². The molecule has 0 aliphatic carbocycles. The maximum absolute atomic E-state index is 12.2. The van der Waals surface area contributed by atoms with E-state index >= 15 is 0 Å². The summed E-state index contributed by atoms with van der Waals surface area (Å²) in [6, 6.07) is 8.02. The van der Waals surface area contributed by atoms with Crippen LogP contribution in [0.2, 0.25) is 0 Å². The molecule has 2 N–H and O–H groups in total. The number of β-amino-alcohol motifs (C(OH)–C–C–N with tert-alkyl or cyclic N) is 1. The van der Waals surface area contributed by atoms with E-state index in [0.29, 0.717) is 5.56 Å². The standard InChI is InChI=1S/C13H15N5O4S2/c1-17(2)24(21,22)12-16-15-11(23-12)18-10(19)14-8-13(18,20)9-6-4-3-5-7-9/h3-7,20H,8H2,1-2H3,(H,14,19). The van der Waals surface area contributed by atoms with Gasteiger partial charge in [-0.15, -0.1) is 10.2 Å². The number of rotatable bonds is 4. The van der Waals surface area contributed by atoms with Crippen LogP contribution in [0, 0.1) is 0 Å². The zero-order valence-corrected chi connectivity index (χ0v) is 14.5. The lowest BCUT2D eigenvalue weighted by Gasteiger charge is -2.29. The molecule has 0 spiro atoms. The monoisotopic (exact) mass is 369 g/mol. The molecular weight excluding hydrogens is 354 g/mol. The number of hydrogen-bond acceptors (Lipinski definition) is 7. The van der Waals surface area contributed by atoms with Gasteiger partial charge in [0.05, 0.1) is 6.54 Å². The zero-order chi connectivity index (χ0) is 17.5. The van der Waals surface area contributed by atoms with Crippen LogP contribution in [0.1, 0.15) is 5.56 Å². The van der Waals surface area contributed by atoms with Gasteiger partial charge >= 0.3 is 6.03 Å². The number of urea groups is 1. The van der Waals surface area contributed by atoms with Crippen LogP contribution >= 0.6 is 11.3 Å². The second kappa shape index (κ2) is 5.77. The first-order chi connectivity index (χ1) is 11.3. The molecule has 1 aromatic carbocycles. The molecule has 24 heavy (non-hydrogen) atoms. The van der Waals surface area contributed by atoms with Gasteiger partial charge in [0.2, 0.25) is 9.47 Å². The van der Waals surface area contributed by atoms with Gasteiger partial charge in [-0.3, -0.25) is 0 Å². The number of benzene rings is 1. The number of anilines is 1. The van der Waals surface area contributed by atoms with Crippen molar-refractivity contribution in [2.45, 2.75) is 10.1 Å². The summed E-state index contributed by atoms with van der Waals surface area (Å²) in [5.41, 5.74) is -1.19. The molecule has 2 heterocycles. The predicted octanol–water partition coefficient (Wildman–Crippen LogP) is 0.163. The third-order valence-corrected chi connectivity index (χ3v) is 6.65. The minimum absolute atomic E-state index is 0.00298. The van der Waals surface area contributed by atoms with Crippen LogP contribution in [-0.2, 0) is 15.7 Å². The predicted molar refractivity (Wildman–Crippen MR) is 87.0 cm³/mol. The van der Waals surface area contributed by atoms with Crippen molar-refractivity contribution in [2.75, 3.05) is 25.5 Å². The summed E-state index contributed by atoms with van der Waals surface area (Å²) in [7, 11) is -1.02. The summed E-state index contributed by atoms with van der Waals surface area (Å²) in [5, 5.41) is 21.0. The number of carbonyl (C=O) groups excluding carboxylic acids is 1. The Morgan fingerprint density at radius 1 is 1.29 bits per heavy atom. The molecule has 0 saturated carbocycles. The second-order valence-corrected chi connectivity index (χ2v) is 8.60. The van der Waals surface area contributed by atoms with Gasteiger partial charge in [0.1, 0.15) is 0 Å². The van der Waals surface area contributed by atoms with Crippen LogP contribution in [0.25, 0.3) is 0 Å². The van der Waals surface area contributed by atoms with Gasteiger partial charge in [0.25, 0.3) is 10.0 Å². The van der Waals surface area contributed by atoms with Crippen LogP contribution < -0.4 is 10.2 Å². The van der Waals surface area contributed by atoms with Crippen LogP contribution in [-0.4, -0.2) is 54.7 Å². The lowest BCUT2D eigenvalue weighted by atomic mass is 10.0. The Balaban J connectivity index is 2.05. The highest BCUT2D eigenvalue weighted by Gasteiger charge is 2.48. The van der Waals surface area contributed by atoms with E-state index in [1.54, 1.807) is 30.3 Å². The van der Waals surface area contributed by atoms with Crippen molar-refractivity contribution in [3.05, 3.63) is 35.9 Å². The largest absolute Gasteiger partial charge is 0.365 e. The first-order valence-corrected chi connectivity index (χ1v) is 9.14. The molecule has 2 amide bonds. The Bertz CT molecular complexity index is 867. The van der Waals surface area contributed by atoms with Gasteiger partial charge in [0.15, 0.2) is 5.72 Å². The van der Waals surface area contributed by atoms with E-state index in [0.717, 1.165) is 20.5 Å². The van der Waals surface area contributed by atoms with Gasteiger partial charge < -0.3 is 10.4 Å². The molecule has 1 saturated heterocycles. The number of amides is 2. The van der Waals surface area contributed by atoms with Crippen molar-refractivity contribution >= 4 is 32.5 Å². The molecule has 2 aromatic rings. The average Bonchev–Trinajstić information content (AvgIpc) is 3.14. The molecule has 0 bridgehead atoms. The van der Waals surface area contributed by atoms with Crippen LogP contribution in [0.4, 0.5) is 9.93 Å². The molecular formula is C13H15N5O4S2. The minimum Gasteiger partial charge on any atom is -0.365 e. The third-order valence-electron chi connectivity index (χ3n) is 3.58. The summed E-state index contributed by atoms with van der Waals surface area (Å²) in [4.78, 5) is 13.2. The number of nitrogens with zero attached hydrogens (tertiary/aromatic N) is 4. The fraction of sp³-hybridized carbons (Fsp3) is 0.308. The van der Waals surface area contributed by atoms with E-state index in [2.05, 4.69) is 15.5 Å². The van der Waals surface area contributed by atoms with E-state index in [1.165, 1.54) is 14.1 Å². The first kappa shape index (κ1) is 16.8. The summed E-state index contributed by atoms with van der Waals surface area (Å²) >= 11 is 0.719. The number of hydrogen-bond donors (Lipinski definition) is 2. The first-order valence-electron chi connectivity index (χ1n) is 6.89. The molecule has 1 aromatic heterocycles. The smallest absolute Gasteiger partial charge is 0.326 e. The van der Waals surface area contributed by atoms with E-state index in [-0.39, 0.29) is 16.0 Å². The van der Waals surface area contributed by atoms with Crippen LogP contribution in [0.5, 0.6) is 0 Å². The van der Waals surface area contributed by atoms with Crippen molar-refractivity contribution < 1.29 is 18.3 Å². The molecule has 0 radical (unpaired) electrons. The Labute approximate surface area is 142 Å².